The van der Waals surface area contributed by atoms with Crippen molar-refractivity contribution in [3.63, 3.8) is 0 Å². The summed E-state index contributed by atoms with van der Waals surface area (Å²) in [6.45, 7) is 5.85. The third-order valence-electron chi connectivity index (χ3n) is 3.94. The van der Waals surface area contributed by atoms with Gasteiger partial charge in [-0.2, -0.15) is 0 Å². The van der Waals surface area contributed by atoms with Crippen LogP contribution in [0.2, 0.25) is 0 Å². The zero-order valence-electron chi connectivity index (χ0n) is 11.9. The summed E-state index contributed by atoms with van der Waals surface area (Å²) >= 11 is 0. The number of rotatable bonds is 2. The number of carbonyl (C=O) groups excluding carboxylic acids is 1. The lowest BCUT2D eigenvalue weighted by Crippen LogP contribution is -2.28. The standard InChI is InChI=1S/C16H23NO2/c1-12-10-14(11-13(2)15(12)16(18)19)17-8-6-4-3-5-7-9-17/h10-11H,3-9H2,1-2H3,(H,18,19)/p-1. The normalized spacial score (nSPS) is 16.8. The van der Waals surface area contributed by atoms with Gasteiger partial charge in [0.2, 0.25) is 0 Å². The molecule has 1 saturated heterocycles. The molecule has 1 aliphatic rings. The number of carbonyl (C=O) groups is 1. The number of anilines is 1. The fourth-order valence-corrected chi connectivity index (χ4v) is 2.95. The van der Waals surface area contributed by atoms with Crippen LogP contribution in [0.25, 0.3) is 0 Å². The molecule has 104 valence electrons. The number of carboxylic acids is 1. The van der Waals surface area contributed by atoms with Crippen LogP contribution >= 0.6 is 0 Å². The highest BCUT2D eigenvalue weighted by molar-refractivity contribution is 5.90. The van der Waals surface area contributed by atoms with E-state index in [0.717, 1.165) is 29.9 Å². The molecule has 1 aromatic rings. The fraction of sp³-hybridized carbons (Fsp3) is 0.562. The smallest absolute Gasteiger partial charge is 0.0720 e. The Hall–Kier alpha value is -1.51. The third-order valence-corrected chi connectivity index (χ3v) is 3.94. The van der Waals surface area contributed by atoms with Crippen LogP contribution in [0.15, 0.2) is 12.1 Å². The fourth-order valence-electron chi connectivity index (χ4n) is 2.95. The lowest BCUT2D eigenvalue weighted by Gasteiger charge is -2.28. The summed E-state index contributed by atoms with van der Waals surface area (Å²) in [5.41, 5.74) is 3.10. The first-order valence-electron chi connectivity index (χ1n) is 7.17. The Balaban J connectivity index is 2.26. The zero-order chi connectivity index (χ0) is 13.8. The lowest BCUT2D eigenvalue weighted by molar-refractivity contribution is -0.255. The molecule has 0 radical (unpaired) electrons. The van der Waals surface area contributed by atoms with E-state index in [0.29, 0.717) is 5.56 Å². The second-order valence-electron chi connectivity index (χ2n) is 5.50. The first-order valence-corrected chi connectivity index (χ1v) is 7.17. The minimum atomic E-state index is -1.07. The van der Waals surface area contributed by atoms with Gasteiger partial charge in [0.15, 0.2) is 0 Å². The minimum Gasteiger partial charge on any atom is -0.545 e. The van der Waals surface area contributed by atoms with Gasteiger partial charge >= 0.3 is 0 Å². The number of nitrogens with zero attached hydrogens (tertiary/aromatic N) is 1. The highest BCUT2D eigenvalue weighted by Gasteiger charge is 2.12. The topological polar surface area (TPSA) is 43.4 Å². The van der Waals surface area contributed by atoms with Crippen LogP contribution in [0.3, 0.4) is 0 Å². The van der Waals surface area contributed by atoms with Gasteiger partial charge in [0.25, 0.3) is 0 Å². The molecular weight excluding hydrogens is 238 g/mol. The van der Waals surface area contributed by atoms with Gasteiger partial charge in [-0.05, 0) is 49.9 Å². The van der Waals surface area contributed by atoms with Crippen LogP contribution in [0.1, 0.15) is 53.6 Å². The number of benzene rings is 1. The van der Waals surface area contributed by atoms with Gasteiger partial charge < -0.3 is 14.8 Å². The summed E-state index contributed by atoms with van der Waals surface area (Å²) in [7, 11) is 0. The Labute approximate surface area is 115 Å². The Kier molecular flexibility index (Phi) is 4.46. The Bertz CT molecular complexity index is 437. The highest BCUT2D eigenvalue weighted by Crippen LogP contribution is 2.25. The Morgan fingerprint density at radius 1 is 1.00 bits per heavy atom. The molecule has 19 heavy (non-hydrogen) atoms. The molecule has 0 aromatic heterocycles. The lowest BCUT2D eigenvalue weighted by atomic mass is 10.0. The summed E-state index contributed by atoms with van der Waals surface area (Å²) in [4.78, 5) is 13.5. The van der Waals surface area contributed by atoms with Crippen molar-refractivity contribution in [1.82, 2.24) is 0 Å². The van der Waals surface area contributed by atoms with Crippen molar-refractivity contribution in [2.45, 2.75) is 46.0 Å². The van der Waals surface area contributed by atoms with Crippen molar-refractivity contribution in [3.8, 4) is 0 Å². The number of carboxylic acid groups (broad SMARTS) is 1. The van der Waals surface area contributed by atoms with E-state index in [4.69, 9.17) is 0 Å². The largest absolute Gasteiger partial charge is 0.545 e. The molecule has 3 heteroatoms. The summed E-state index contributed by atoms with van der Waals surface area (Å²) in [6, 6.07) is 3.97. The van der Waals surface area contributed by atoms with Crippen molar-refractivity contribution >= 4 is 11.7 Å². The maximum Gasteiger partial charge on any atom is 0.0720 e. The maximum atomic E-state index is 11.1. The zero-order valence-corrected chi connectivity index (χ0v) is 11.9. The average molecular weight is 260 g/mol. The summed E-state index contributed by atoms with van der Waals surface area (Å²) in [5, 5.41) is 11.1. The Morgan fingerprint density at radius 2 is 1.47 bits per heavy atom. The van der Waals surface area contributed by atoms with E-state index in [1.807, 2.05) is 26.0 Å². The van der Waals surface area contributed by atoms with Crippen LogP contribution < -0.4 is 10.0 Å². The molecule has 0 bridgehead atoms. The van der Waals surface area contributed by atoms with Crippen molar-refractivity contribution in [2.75, 3.05) is 18.0 Å². The molecule has 0 saturated carbocycles. The Morgan fingerprint density at radius 3 is 1.95 bits per heavy atom. The SMILES string of the molecule is Cc1cc(N2CCCCCCC2)cc(C)c1C(=O)[O-]. The van der Waals surface area contributed by atoms with Crippen LogP contribution in [-0.4, -0.2) is 19.1 Å². The molecule has 0 atom stereocenters. The number of aryl methyl sites for hydroxylation is 2. The van der Waals surface area contributed by atoms with Gasteiger partial charge in [0, 0.05) is 24.3 Å². The quantitative estimate of drug-likeness (QED) is 0.820. The predicted molar refractivity (Wildman–Crippen MR) is 75.5 cm³/mol. The number of hydrogen-bond donors (Lipinski definition) is 0. The van der Waals surface area contributed by atoms with E-state index in [1.54, 1.807) is 0 Å². The van der Waals surface area contributed by atoms with E-state index in [9.17, 15) is 9.90 Å². The molecule has 1 fully saturated rings. The van der Waals surface area contributed by atoms with Gasteiger partial charge in [0.1, 0.15) is 0 Å². The summed E-state index contributed by atoms with van der Waals surface area (Å²) < 4.78 is 0. The number of aromatic carboxylic acids is 1. The van der Waals surface area contributed by atoms with Gasteiger partial charge in [-0.1, -0.05) is 19.3 Å². The number of hydrogen-bond acceptors (Lipinski definition) is 3. The van der Waals surface area contributed by atoms with Gasteiger partial charge in [-0.15, -0.1) is 0 Å². The van der Waals surface area contributed by atoms with E-state index >= 15 is 0 Å². The van der Waals surface area contributed by atoms with E-state index in [-0.39, 0.29) is 0 Å². The molecule has 1 aliphatic heterocycles. The molecule has 0 spiro atoms. The predicted octanol–water partition coefficient (Wildman–Crippen LogP) is 2.44. The molecule has 0 unspecified atom stereocenters. The second kappa shape index (κ2) is 6.09. The molecule has 0 N–H and O–H groups in total. The molecule has 1 aromatic carbocycles. The van der Waals surface area contributed by atoms with Crippen molar-refractivity contribution in [1.29, 1.82) is 0 Å². The van der Waals surface area contributed by atoms with Crippen LogP contribution in [0.4, 0.5) is 5.69 Å². The molecule has 0 aliphatic carbocycles. The van der Waals surface area contributed by atoms with E-state index in [1.165, 1.54) is 32.1 Å². The first kappa shape index (κ1) is 13.9. The van der Waals surface area contributed by atoms with Crippen LogP contribution in [0.5, 0.6) is 0 Å². The van der Waals surface area contributed by atoms with Crippen LogP contribution in [0, 0.1) is 13.8 Å². The van der Waals surface area contributed by atoms with Gasteiger partial charge in [-0.3, -0.25) is 0 Å². The van der Waals surface area contributed by atoms with Crippen molar-refractivity contribution in [3.05, 3.63) is 28.8 Å². The van der Waals surface area contributed by atoms with Crippen molar-refractivity contribution < 1.29 is 9.90 Å². The van der Waals surface area contributed by atoms with E-state index in [2.05, 4.69) is 4.90 Å². The van der Waals surface area contributed by atoms with Gasteiger partial charge in [0.05, 0.1) is 5.97 Å². The van der Waals surface area contributed by atoms with Crippen LogP contribution in [-0.2, 0) is 0 Å². The minimum absolute atomic E-state index is 0.343. The molecule has 3 nitrogen and oxygen atoms in total. The summed E-state index contributed by atoms with van der Waals surface area (Å²) in [6.07, 6.45) is 6.38. The molecule has 0 amide bonds. The maximum absolute atomic E-state index is 11.1. The molecule has 2 rings (SSSR count). The second-order valence-corrected chi connectivity index (χ2v) is 5.50. The molecular formula is C16H22NO2-. The highest BCUT2D eigenvalue weighted by atomic mass is 16.4. The molecule has 1 heterocycles. The first-order chi connectivity index (χ1) is 9.09. The monoisotopic (exact) mass is 260 g/mol. The summed E-state index contributed by atoms with van der Waals surface area (Å²) in [5.74, 6) is -1.07. The van der Waals surface area contributed by atoms with Crippen molar-refractivity contribution in [2.24, 2.45) is 0 Å². The average Bonchev–Trinajstić information content (AvgIpc) is 2.26. The van der Waals surface area contributed by atoms with E-state index < -0.39 is 5.97 Å². The third kappa shape index (κ3) is 3.28. The van der Waals surface area contributed by atoms with Gasteiger partial charge in [-0.25, -0.2) is 0 Å².